The molecule has 6 nitrogen and oxygen atoms in total. The molecular formula is C25H31FN2O4. The number of morpholine rings is 1. The molecule has 0 radical (unpaired) electrons. The van der Waals surface area contributed by atoms with Crippen molar-refractivity contribution in [1.29, 1.82) is 0 Å². The van der Waals surface area contributed by atoms with Gasteiger partial charge in [-0.25, -0.2) is 4.39 Å². The Bertz CT molecular complexity index is 993. The number of hydrogen-bond acceptors (Lipinski definition) is 6. The van der Waals surface area contributed by atoms with Crippen molar-refractivity contribution in [3.05, 3.63) is 54.5 Å². The highest BCUT2D eigenvalue weighted by Crippen LogP contribution is 2.37. The molecule has 1 aromatic heterocycles. The second kappa shape index (κ2) is 12.2. The number of hydrogen-bond donors (Lipinski definition) is 0. The van der Waals surface area contributed by atoms with Crippen LogP contribution in [-0.2, 0) is 4.74 Å². The van der Waals surface area contributed by atoms with Crippen LogP contribution >= 0.6 is 0 Å². The van der Waals surface area contributed by atoms with Crippen LogP contribution in [0.1, 0.15) is 20.3 Å². The Hall–Kier alpha value is -2.90. The minimum absolute atomic E-state index is 0.160. The van der Waals surface area contributed by atoms with Gasteiger partial charge in [0.1, 0.15) is 5.75 Å². The molecule has 2 heterocycles. The van der Waals surface area contributed by atoms with Gasteiger partial charge in [0.15, 0.2) is 23.1 Å². The number of nitrogens with zero attached hydrogens (tertiary/aromatic N) is 2. The van der Waals surface area contributed by atoms with E-state index in [9.17, 15) is 4.39 Å². The Balaban J connectivity index is 0.00000141. The highest BCUT2D eigenvalue weighted by Gasteiger charge is 2.14. The molecule has 32 heavy (non-hydrogen) atoms. The van der Waals surface area contributed by atoms with Crippen molar-refractivity contribution in [3.63, 3.8) is 0 Å². The molecule has 4 rings (SSSR count). The first kappa shape index (κ1) is 23.8. The van der Waals surface area contributed by atoms with E-state index in [4.69, 9.17) is 18.9 Å². The largest absolute Gasteiger partial charge is 0.493 e. The minimum atomic E-state index is -0.422. The zero-order chi connectivity index (χ0) is 22.8. The smallest absolute Gasteiger partial charge is 0.165 e. The highest BCUT2D eigenvalue weighted by atomic mass is 19.1. The van der Waals surface area contributed by atoms with Crippen molar-refractivity contribution in [2.75, 3.05) is 46.6 Å². The standard InChI is InChI=1S/C23H25FN2O4.C2H6/c1-27-22-15-17-19(16-23(22)29-12-4-9-26-10-13-28-14-11-26)25-8-7-20(17)30-21-6-3-2-5-18(21)24;1-2/h2-3,5-8,15-16H,4,9-14H2,1H3;1-2H3. The number of fused-ring (bicyclic) bond motifs is 1. The van der Waals surface area contributed by atoms with E-state index in [-0.39, 0.29) is 5.75 Å². The zero-order valence-corrected chi connectivity index (χ0v) is 19.0. The summed E-state index contributed by atoms with van der Waals surface area (Å²) < 4.78 is 36.7. The molecule has 0 aliphatic carbocycles. The predicted octanol–water partition coefficient (Wildman–Crippen LogP) is 5.30. The number of pyridine rings is 1. The first-order valence-corrected chi connectivity index (χ1v) is 11.1. The fourth-order valence-electron chi connectivity index (χ4n) is 3.43. The van der Waals surface area contributed by atoms with Crippen molar-refractivity contribution >= 4 is 10.9 Å². The van der Waals surface area contributed by atoms with E-state index >= 15 is 0 Å². The normalized spacial score (nSPS) is 13.9. The highest BCUT2D eigenvalue weighted by molar-refractivity contribution is 5.88. The van der Waals surface area contributed by atoms with Crippen LogP contribution < -0.4 is 14.2 Å². The summed E-state index contributed by atoms with van der Waals surface area (Å²) in [4.78, 5) is 6.79. The Morgan fingerprint density at radius 2 is 1.78 bits per heavy atom. The van der Waals surface area contributed by atoms with E-state index in [2.05, 4.69) is 9.88 Å². The van der Waals surface area contributed by atoms with Gasteiger partial charge in [-0.2, -0.15) is 0 Å². The Morgan fingerprint density at radius 1 is 1.00 bits per heavy atom. The van der Waals surface area contributed by atoms with Crippen LogP contribution in [0.15, 0.2) is 48.7 Å². The average molecular weight is 443 g/mol. The molecule has 1 aliphatic rings. The zero-order valence-electron chi connectivity index (χ0n) is 19.0. The second-order valence-corrected chi connectivity index (χ2v) is 7.02. The monoisotopic (exact) mass is 442 g/mol. The molecule has 0 saturated carbocycles. The van der Waals surface area contributed by atoms with E-state index in [1.165, 1.54) is 6.07 Å². The number of ether oxygens (including phenoxy) is 4. The Kier molecular flexibility index (Phi) is 9.07. The molecule has 1 aliphatic heterocycles. The fraction of sp³-hybridized carbons (Fsp3) is 0.400. The van der Waals surface area contributed by atoms with Crippen LogP contribution in [0.4, 0.5) is 4.39 Å². The summed E-state index contributed by atoms with van der Waals surface area (Å²) in [6, 6.07) is 11.7. The maximum atomic E-state index is 14.0. The van der Waals surface area contributed by atoms with E-state index in [1.807, 2.05) is 26.0 Å². The Labute approximate surface area is 188 Å². The molecule has 0 N–H and O–H groups in total. The van der Waals surface area contributed by atoms with E-state index in [0.29, 0.717) is 29.4 Å². The minimum Gasteiger partial charge on any atom is -0.493 e. The first-order valence-electron chi connectivity index (χ1n) is 11.1. The lowest BCUT2D eigenvalue weighted by Crippen LogP contribution is -2.37. The average Bonchev–Trinajstić information content (AvgIpc) is 2.85. The van der Waals surface area contributed by atoms with Gasteiger partial charge in [-0.3, -0.25) is 9.88 Å². The van der Waals surface area contributed by atoms with E-state index < -0.39 is 5.82 Å². The lowest BCUT2D eigenvalue weighted by molar-refractivity contribution is 0.0357. The Morgan fingerprint density at radius 3 is 2.53 bits per heavy atom. The molecule has 0 bridgehead atoms. The fourth-order valence-corrected chi connectivity index (χ4v) is 3.43. The number of halogens is 1. The van der Waals surface area contributed by atoms with Gasteiger partial charge in [-0.1, -0.05) is 26.0 Å². The van der Waals surface area contributed by atoms with Gasteiger partial charge in [0, 0.05) is 37.3 Å². The van der Waals surface area contributed by atoms with Crippen molar-refractivity contribution in [3.8, 4) is 23.0 Å². The summed E-state index contributed by atoms with van der Waals surface area (Å²) in [7, 11) is 1.59. The van der Waals surface area contributed by atoms with Crippen molar-refractivity contribution in [2.24, 2.45) is 0 Å². The van der Waals surface area contributed by atoms with Gasteiger partial charge in [-0.05, 0) is 30.7 Å². The van der Waals surface area contributed by atoms with Gasteiger partial charge in [-0.15, -0.1) is 0 Å². The summed E-state index contributed by atoms with van der Waals surface area (Å²) in [6.45, 7) is 9.06. The molecule has 7 heteroatoms. The molecular weight excluding hydrogens is 411 g/mol. The first-order chi connectivity index (χ1) is 15.7. The molecule has 0 spiro atoms. The summed E-state index contributed by atoms with van der Waals surface area (Å²) in [5, 5.41) is 0.721. The number of aromatic nitrogens is 1. The lowest BCUT2D eigenvalue weighted by atomic mass is 10.1. The predicted molar refractivity (Wildman–Crippen MR) is 123 cm³/mol. The van der Waals surface area contributed by atoms with E-state index in [0.717, 1.165) is 44.7 Å². The topological polar surface area (TPSA) is 53.0 Å². The third kappa shape index (κ3) is 6.08. The molecule has 2 aromatic carbocycles. The van der Waals surface area contributed by atoms with Crippen LogP contribution in [0.25, 0.3) is 10.9 Å². The van der Waals surface area contributed by atoms with Crippen LogP contribution in [0.5, 0.6) is 23.0 Å². The molecule has 1 saturated heterocycles. The summed E-state index contributed by atoms with van der Waals surface area (Å²) in [5.74, 6) is 1.45. The van der Waals surface area contributed by atoms with Crippen LogP contribution in [0.2, 0.25) is 0 Å². The maximum Gasteiger partial charge on any atom is 0.165 e. The lowest BCUT2D eigenvalue weighted by Gasteiger charge is -2.26. The summed E-state index contributed by atoms with van der Waals surface area (Å²) in [6.07, 6.45) is 2.54. The SMILES string of the molecule is CC.COc1cc2c(Oc3ccccc3F)ccnc2cc1OCCCN1CCOCC1. The number of rotatable bonds is 8. The van der Waals surface area contributed by atoms with Gasteiger partial charge >= 0.3 is 0 Å². The van der Waals surface area contributed by atoms with Crippen LogP contribution in [0.3, 0.4) is 0 Å². The summed E-state index contributed by atoms with van der Waals surface area (Å²) >= 11 is 0. The molecule has 1 fully saturated rings. The molecule has 172 valence electrons. The third-order valence-corrected chi connectivity index (χ3v) is 5.02. The summed E-state index contributed by atoms with van der Waals surface area (Å²) in [5.41, 5.74) is 0.688. The van der Waals surface area contributed by atoms with Crippen molar-refractivity contribution in [1.82, 2.24) is 9.88 Å². The van der Waals surface area contributed by atoms with E-state index in [1.54, 1.807) is 37.6 Å². The van der Waals surface area contributed by atoms with Crippen LogP contribution in [-0.4, -0.2) is 56.4 Å². The van der Waals surface area contributed by atoms with Gasteiger partial charge < -0.3 is 18.9 Å². The van der Waals surface area contributed by atoms with Crippen molar-refractivity contribution in [2.45, 2.75) is 20.3 Å². The molecule has 3 aromatic rings. The van der Waals surface area contributed by atoms with Crippen molar-refractivity contribution < 1.29 is 23.3 Å². The maximum absolute atomic E-state index is 14.0. The van der Waals surface area contributed by atoms with Crippen LogP contribution in [0, 0.1) is 5.82 Å². The molecule has 0 atom stereocenters. The quantitative estimate of drug-likeness (QED) is 0.441. The molecule has 0 amide bonds. The second-order valence-electron chi connectivity index (χ2n) is 7.02. The molecule has 0 unspecified atom stereocenters. The number of methoxy groups -OCH3 is 1. The number of para-hydroxylation sites is 1. The third-order valence-electron chi connectivity index (χ3n) is 5.02. The van der Waals surface area contributed by atoms with Gasteiger partial charge in [0.25, 0.3) is 0 Å². The van der Waals surface area contributed by atoms with Gasteiger partial charge in [0.05, 0.1) is 32.4 Å². The van der Waals surface area contributed by atoms with Gasteiger partial charge in [0.2, 0.25) is 0 Å². The number of benzene rings is 2.